The van der Waals surface area contributed by atoms with Gasteiger partial charge >= 0.3 is 0 Å². The third kappa shape index (κ3) is 18.8. The molecule has 0 aromatic heterocycles. The van der Waals surface area contributed by atoms with E-state index in [1.54, 1.807) is 0 Å². The minimum Gasteiger partial charge on any atom is 0 e. The molecule has 0 atom stereocenters. The Labute approximate surface area is 101 Å². The van der Waals surface area contributed by atoms with Crippen LogP contribution in [0.4, 0.5) is 0 Å². The number of hydrogen-bond acceptors (Lipinski definition) is 0. The van der Waals surface area contributed by atoms with E-state index in [-0.39, 0.29) is 103 Å². The molecule has 0 aliphatic rings. The second-order valence-electron chi connectivity index (χ2n) is 0. The van der Waals surface area contributed by atoms with Crippen molar-refractivity contribution in [1.82, 2.24) is 0 Å². The molecule has 0 heterocycles. The molecule has 0 amide bonds. The predicted octanol–water partition coefficient (Wildman–Crippen LogP) is -1.19. The Kier molecular flexibility index (Phi) is 213. The first-order valence-electron chi connectivity index (χ1n) is 0. The van der Waals surface area contributed by atoms with Gasteiger partial charge in [-0.25, -0.2) is 0 Å². The molecular formula is H3AlCuNbPdZr. The van der Waals surface area contributed by atoms with E-state index in [2.05, 4.69) is 0 Å². The SMILES string of the molecule is [AlH3].[Cu].[Nb].[Pd].[Zr]. The second kappa shape index (κ2) is 26.5. The van der Waals surface area contributed by atoms with E-state index in [1.165, 1.54) is 0 Å². The number of hydrogen-bond donors (Lipinski definition) is 0. The van der Waals surface area contributed by atoms with Crippen molar-refractivity contribution < 1.29 is 86.1 Å². The van der Waals surface area contributed by atoms with Crippen LogP contribution >= 0.6 is 0 Å². The van der Waals surface area contributed by atoms with Crippen molar-refractivity contribution in [3.63, 3.8) is 0 Å². The summed E-state index contributed by atoms with van der Waals surface area (Å²) in [5.41, 5.74) is 0. The van der Waals surface area contributed by atoms with Gasteiger partial charge in [0.15, 0.2) is 17.4 Å². The van der Waals surface area contributed by atoms with E-state index < -0.39 is 0 Å². The molecule has 0 bridgehead atoms. The molecule has 0 aliphatic heterocycles. The number of rotatable bonds is 0. The van der Waals surface area contributed by atoms with Crippen molar-refractivity contribution in [3.05, 3.63) is 0 Å². The summed E-state index contributed by atoms with van der Waals surface area (Å²) in [7, 11) is 0. The van der Waals surface area contributed by atoms with Gasteiger partial charge < -0.3 is 0 Å². The van der Waals surface area contributed by atoms with Crippen LogP contribution in [0.2, 0.25) is 0 Å². The molecule has 36 valence electrons. The fourth-order valence-electron chi connectivity index (χ4n) is 0. The standard InChI is InChI=1S/Al.Cu.Nb.Pd.Zr.3H. The minimum atomic E-state index is 0. The maximum atomic E-state index is 0. The summed E-state index contributed by atoms with van der Waals surface area (Å²) in [6.45, 7) is 0. The summed E-state index contributed by atoms with van der Waals surface area (Å²) >= 11 is 0. The van der Waals surface area contributed by atoms with Crippen LogP contribution in [0.5, 0.6) is 0 Å². The van der Waals surface area contributed by atoms with Crippen molar-refractivity contribution in [3.8, 4) is 0 Å². The fourth-order valence-corrected chi connectivity index (χ4v) is 0. The monoisotopic (exact) mass is 382 g/mol. The second-order valence-corrected chi connectivity index (χ2v) is 0. The first kappa shape index (κ1) is 40.3. The molecule has 0 aromatic rings. The average molecular weight is 384 g/mol. The fraction of sp³-hybridized carbons (Fsp3) is 0. The zero-order chi connectivity index (χ0) is 0. The van der Waals surface area contributed by atoms with Crippen LogP contribution in [0, 0.1) is 0 Å². The summed E-state index contributed by atoms with van der Waals surface area (Å²) in [6.07, 6.45) is 0. The molecule has 0 saturated heterocycles. The van der Waals surface area contributed by atoms with Crippen molar-refractivity contribution in [2.24, 2.45) is 0 Å². The van der Waals surface area contributed by atoms with Gasteiger partial charge in [0, 0.05) is 86.1 Å². The van der Waals surface area contributed by atoms with Gasteiger partial charge in [-0.2, -0.15) is 0 Å². The molecule has 0 unspecified atom stereocenters. The molecule has 0 aliphatic carbocycles. The Balaban J connectivity index is 0. The Morgan fingerprint density at radius 1 is 1.00 bits per heavy atom. The van der Waals surface area contributed by atoms with Crippen LogP contribution in [0.3, 0.4) is 0 Å². The molecule has 0 N–H and O–H groups in total. The Hall–Kier alpha value is 3.34. The topological polar surface area (TPSA) is 0 Å². The normalized spacial score (nSPS) is 0. The largest absolute Gasteiger partial charge is 0.187 e. The average Bonchev–Trinajstić information content (AvgIpc) is 0. The first-order chi connectivity index (χ1) is 0. The third-order valence-corrected chi connectivity index (χ3v) is 0. The molecule has 0 nitrogen and oxygen atoms in total. The Bertz CT molecular complexity index is 11.6. The van der Waals surface area contributed by atoms with Crippen molar-refractivity contribution >= 4 is 17.4 Å². The first-order valence-corrected chi connectivity index (χ1v) is 0. The third-order valence-electron chi connectivity index (χ3n) is 0. The Morgan fingerprint density at radius 3 is 1.00 bits per heavy atom. The van der Waals surface area contributed by atoms with E-state index in [0.717, 1.165) is 0 Å². The van der Waals surface area contributed by atoms with E-state index in [1.807, 2.05) is 0 Å². The van der Waals surface area contributed by atoms with E-state index in [9.17, 15) is 0 Å². The van der Waals surface area contributed by atoms with Gasteiger partial charge in [0.25, 0.3) is 0 Å². The molecule has 0 saturated carbocycles. The predicted molar refractivity (Wildman–Crippen MR) is 9.94 cm³/mol. The molecule has 2 radical (unpaired) electrons. The van der Waals surface area contributed by atoms with Crippen molar-refractivity contribution in [1.29, 1.82) is 0 Å². The van der Waals surface area contributed by atoms with Gasteiger partial charge in [0.2, 0.25) is 0 Å². The smallest absolute Gasteiger partial charge is 0 e. The molecule has 0 rings (SSSR count). The van der Waals surface area contributed by atoms with Gasteiger partial charge in [-0.3, -0.25) is 0 Å². The van der Waals surface area contributed by atoms with Gasteiger partial charge in [0.1, 0.15) is 0 Å². The summed E-state index contributed by atoms with van der Waals surface area (Å²) < 4.78 is 0. The van der Waals surface area contributed by atoms with Crippen LogP contribution < -0.4 is 0 Å². The molecule has 0 aromatic carbocycles. The Morgan fingerprint density at radius 2 is 1.00 bits per heavy atom. The van der Waals surface area contributed by atoms with E-state index in [0.29, 0.717) is 0 Å². The van der Waals surface area contributed by atoms with Crippen LogP contribution in [0.15, 0.2) is 0 Å². The summed E-state index contributed by atoms with van der Waals surface area (Å²) in [6, 6.07) is 0. The maximum absolute atomic E-state index is 0. The molecule has 5 heteroatoms. The van der Waals surface area contributed by atoms with Crippen molar-refractivity contribution in [2.45, 2.75) is 0 Å². The molecule has 0 spiro atoms. The zero-order valence-corrected chi connectivity index (χ0v) is 8.72. The maximum Gasteiger partial charge on any atom is 0.187 e. The summed E-state index contributed by atoms with van der Waals surface area (Å²) in [4.78, 5) is 0. The van der Waals surface area contributed by atoms with Gasteiger partial charge in [-0.1, -0.05) is 0 Å². The van der Waals surface area contributed by atoms with Crippen molar-refractivity contribution in [2.75, 3.05) is 0 Å². The summed E-state index contributed by atoms with van der Waals surface area (Å²) in [5, 5.41) is 0. The quantitative estimate of drug-likeness (QED) is 0.461. The summed E-state index contributed by atoms with van der Waals surface area (Å²) in [5.74, 6) is 0. The molecular weight excluding hydrogens is 381 g/mol. The molecule has 5 heavy (non-hydrogen) atoms. The van der Waals surface area contributed by atoms with Crippen LogP contribution in [0.25, 0.3) is 0 Å². The zero-order valence-electron chi connectivity index (χ0n) is 1.56. The van der Waals surface area contributed by atoms with Gasteiger partial charge in [-0.15, -0.1) is 0 Å². The van der Waals surface area contributed by atoms with Gasteiger partial charge in [-0.05, 0) is 0 Å². The van der Waals surface area contributed by atoms with Gasteiger partial charge in [0.05, 0.1) is 0 Å². The van der Waals surface area contributed by atoms with Crippen LogP contribution in [-0.2, 0) is 86.1 Å². The minimum absolute atomic E-state index is 0. The van der Waals surface area contributed by atoms with Crippen LogP contribution in [0.1, 0.15) is 0 Å². The molecule has 0 fully saturated rings. The van der Waals surface area contributed by atoms with Crippen LogP contribution in [-0.4, -0.2) is 17.4 Å². The van der Waals surface area contributed by atoms with E-state index >= 15 is 0 Å². The van der Waals surface area contributed by atoms with E-state index in [4.69, 9.17) is 0 Å².